The van der Waals surface area contributed by atoms with Gasteiger partial charge in [0.15, 0.2) is 0 Å². The summed E-state index contributed by atoms with van der Waals surface area (Å²) in [7, 11) is 0. The van der Waals surface area contributed by atoms with Crippen LogP contribution in [0.5, 0.6) is 0 Å². The maximum Gasteiger partial charge on any atom is 0.0675 e. The largest absolute Gasteiger partial charge is 0.198 e. The van der Waals surface area contributed by atoms with Gasteiger partial charge in [0.05, 0.1) is 12.5 Å². The molecule has 0 aromatic rings. The third-order valence-electron chi connectivity index (χ3n) is 1.73. The summed E-state index contributed by atoms with van der Waals surface area (Å²) in [6.45, 7) is 6.42. The van der Waals surface area contributed by atoms with E-state index in [1.54, 1.807) is 0 Å². The number of hydrogen-bond acceptors (Lipinski definition) is 2. The Balaban J connectivity index is 4.13. The lowest BCUT2D eigenvalue weighted by molar-refractivity contribution is 1.06. The van der Waals surface area contributed by atoms with Crippen LogP contribution in [0.3, 0.4) is 0 Å². The van der Waals surface area contributed by atoms with Gasteiger partial charge >= 0.3 is 0 Å². The number of nitriles is 1. The van der Waals surface area contributed by atoms with E-state index in [0.29, 0.717) is 6.42 Å². The van der Waals surface area contributed by atoms with Crippen LogP contribution in [0.15, 0.2) is 10.5 Å². The molecule has 0 aliphatic rings. The monoisotopic (exact) mass is 183 g/mol. The molecule has 0 N–H and O–H groups in total. The molecule has 0 heterocycles. The van der Waals surface area contributed by atoms with Crippen molar-refractivity contribution in [1.82, 2.24) is 0 Å². The molecule has 0 amide bonds. The summed E-state index contributed by atoms with van der Waals surface area (Å²) in [5, 5.41) is 8.58. The quantitative estimate of drug-likeness (QED) is 0.648. The third-order valence-corrected chi connectivity index (χ3v) is 3.18. The van der Waals surface area contributed by atoms with Crippen LogP contribution < -0.4 is 0 Å². The lowest BCUT2D eigenvalue weighted by atomic mass is 10.2. The zero-order valence-electron chi connectivity index (χ0n) is 8.18. The molecule has 68 valence electrons. The summed E-state index contributed by atoms with van der Waals surface area (Å²) in [5.74, 6) is 1.13. The van der Waals surface area contributed by atoms with Gasteiger partial charge in [0.1, 0.15) is 0 Å². The van der Waals surface area contributed by atoms with Crippen LogP contribution in [0.2, 0.25) is 0 Å². The summed E-state index contributed by atoms with van der Waals surface area (Å²) in [5.41, 5.74) is 1.37. The van der Waals surface area contributed by atoms with Gasteiger partial charge in [-0.05, 0) is 30.4 Å². The molecule has 0 fully saturated rings. The Morgan fingerprint density at radius 2 is 2.08 bits per heavy atom. The standard InChI is InChI=1S/C10H17NS/c1-4-8-12-10(6-7-11)9(3)5-2/h4-6,8H2,1-3H3/b10-9-. The Labute approximate surface area is 79.8 Å². The van der Waals surface area contributed by atoms with E-state index < -0.39 is 0 Å². The maximum absolute atomic E-state index is 8.58. The molecule has 2 heteroatoms. The van der Waals surface area contributed by atoms with Crippen LogP contribution in [0, 0.1) is 11.3 Å². The number of allylic oxidation sites excluding steroid dienone is 2. The summed E-state index contributed by atoms with van der Waals surface area (Å²) in [6, 6.07) is 2.21. The second kappa shape index (κ2) is 7.24. The first kappa shape index (κ1) is 11.6. The summed E-state index contributed by atoms with van der Waals surface area (Å²) in [6.07, 6.45) is 2.83. The van der Waals surface area contributed by atoms with Crippen LogP contribution >= 0.6 is 11.8 Å². The molecule has 12 heavy (non-hydrogen) atoms. The maximum atomic E-state index is 8.58. The van der Waals surface area contributed by atoms with Crippen LogP contribution in [-0.4, -0.2) is 5.75 Å². The zero-order chi connectivity index (χ0) is 9.40. The van der Waals surface area contributed by atoms with Crippen molar-refractivity contribution in [1.29, 1.82) is 5.26 Å². The SMILES string of the molecule is CCCS/C(CC#N)=C(/C)CC. The predicted octanol–water partition coefficient (Wildman–Crippen LogP) is 3.73. The molecule has 0 aromatic carbocycles. The van der Waals surface area contributed by atoms with Crippen molar-refractivity contribution < 1.29 is 0 Å². The van der Waals surface area contributed by atoms with E-state index in [1.165, 1.54) is 16.9 Å². The highest BCUT2D eigenvalue weighted by Crippen LogP contribution is 2.24. The topological polar surface area (TPSA) is 23.8 Å². The van der Waals surface area contributed by atoms with Crippen molar-refractivity contribution in [3.63, 3.8) is 0 Å². The lowest BCUT2D eigenvalue weighted by Crippen LogP contribution is -1.85. The molecule has 0 unspecified atom stereocenters. The van der Waals surface area contributed by atoms with Crippen molar-refractivity contribution in [2.45, 2.75) is 40.0 Å². The summed E-state index contributed by atoms with van der Waals surface area (Å²) in [4.78, 5) is 1.28. The van der Waals surface area contributed by atoms with Crippen LogP contribution in [-0.2, 0) is 0 Å². The van der Waals surface area contributed by atoms with Gasteiger partial charge in [0.2, 0.25) is 0 Å². The van der Waals surface area contributed by atoms with Gasteiger partial charge in [-0.1, -0.05) is 19.4 Å². The van der Waals surface area contributed by atoms with Gasteiger partial charge in [0, 0.05) is 0 Å². The molecule has 0 radical (unpaired) electrons. The molecular weight excluding hydrogens is 166 g/mol. The molecule has 0 aromatic heterocycles. The Kier molecular flexibility index (Phi) is 6.99. The van der Waals surface area contributed by atoms with Gasteiger partial charge in [0.25, 0.3) is 0 Å². The molecule has 0 spiro atoms. The van der Waals surface area contributed by atoms with Crippen LogP contribution in [0.25, 0.3) is 0 Å². The molecule has 0 aliphatic heterocycles. The highest BCUT2D eigenvalue weighted by molar-refractivity contribution is 8.03. The van der Waals surface area contributed by atoms with E-state index >= 15 is 0 Å². The summed E-state index contributed by atoms with van der Waals surface area (Å²) >= 11 is 1.84. The van der Waals surface area contributed by atoms with Gasteiger partial charge in [-0.2, -0.15) is 5.26 Å². The smallest absolute Gasteiger partial charge is 0.0675 e. The van der Waals surface area contributed by atoms with Crippen molar-refractivity contribution in [3.8, 4) is 6.07 Å². The van der Waals surface area contributed by atoms with E-state index in [2.05, 4.69) is 26.8 Å². The molecule has 0 aliphatic carbocycles. The normalized spacial score (nSPS) is 12.2. The number of hydrogen-bond donors (Lipinski definition) is 0. The molecule has 0 saturated carbocycles. The van der Waals surface area contributed by atoms with Crippen molar-refractivity contribution in [2.24, 2.45) is 0 Å². The fraction of sp³-hybridized carbons (Fsp3) is 0.700. The second-order valence-electron chi connectivity index (χ2n) is 2.74. The van der Waals surface area contributed by atoms with Gasteiger partial charge in [-0.15, -0.1) is 11.8 Å². The molecule has 0 bridgehead atoms. The average molecular weight is 183 g/mol. The minimum atomic E-state index is 0.588. The van der Waals surface area contributed by atoms with Crippen molar-refractivity contribution in [2.75, 3.05) is 5.75 Å². The highest BCUT2D eigenvalue weighted by atomic mass is 32.2. The first-order chi connectivity index (χ1) is 5.76. The molecule has 1 nitrogen and oxygen atoms in total. The second-order valence-corrected chi connectivity index (χ2v) is 3.93. The fourth-order valence-electron chi connectivity index (χ4n) is 0.819. The zero-order valence-corrected chi connectivity index (χ0v) is 9.00. The molecular formula is C10H17NS. The van der Waals surface area contributed by atoms with Gasteiger partial charge in [-0.25, -0.2) is 0 Å². The van der Waals surface area contributed by atoms with E-state index in [-0.39, 0.29) is 0 Å². The third kappa shape index (κ3) is 4.46. The first-order valence-corrected chi connectivity index (χ1v) is 5.43. The van der Waals surface area contributed by atoms with E-state index in [1.807, 2.05) is 11.8 Å². The summed E-state index contributed by atoms with van der Waals surface area (Å²) < 4.78 is 0. The van der Waals surface area contributed by atoms with E-state index in [9.17, 15) is 0 Å². The van der Waals surface area contributed by atoms with Gasteiger partial charge < -0.3 is 0 Å². The van der Waals surface area contributed by atoms with Crippen LogP contribution in [0.4, 0.5) is 0 Å². The van der Waals surface area contributed by atoms with Crippen molar-refractivity contribution in [3.05, 3.63) is 10.5 Å². The molecule has 0 saturated heterocycles. The molecule has 0 atom stereocenters. The van der Waals surface area contributed by atoms with E-state index in [0.717, 1.165) is 12.2 Å². The number of rotatable bonds is 5. The van der Waals surface area contributed by atoms with E-state index in [4.69, 9.17) is 5.26 Å². The minimum absolute atomic E-state index is 0.588. The Morgan fingerprint density at radius 1 is 1.42 bits per heavy atom. The van der Waals surface area contributed by atoms with Gasteiger partial charge in [-0.3, -0.25) is 0 Å². The predicted molar refractivity (Wildman–Crippen MR) is 56.0 cm³/mol. The lowest BCUT2D eigenvalue weighted by Gasteiger charge is -2.05. The highest BCUT2D eigenvalue weighted by Gasteiger charge is 2.00. The fourth-order valence-corrected chi connectivity index (χ4v) is 1.83. The average Bonchev–Trinajstić information content (AvgIpc) is 2.11. The first-order valence-electron chi connectivity index (χ1n) is 4.44. The Morgan fingerprint density at radius 3 is 2.50 bits per heavy atom. The number of nitrogens with zero attached hydrogens (tertiary/aromatic N) is 1. The van der Waals surface area contributed by atoms with Crippen LogP contribution in [0.1, 0.15) is 40.0 Å². The number of thioether (sulfide) groups is 1. The Hall–Kier alpha value is -0.420. The Bertz CT molecular complexity index is 189. The minimum Gasteiger partial charge on any atom is -0.198 e. The molecule has 0 rings (SSSR count). The van der Waals surface area contributed by atoms with Crippen molar-refractivity contribution >= 4 is 11.8 Å².